The summed E-state index contributed by atoms with van der Waals surface area (Å²) >= 11 is 7.51. The third-order valence-corrected chi connectivity index (χ3v) is 2.73. The van der Waals surface area contributed by atoms with Gasteiger partial charge in [-0.05, 0) is 12.3 Å². The second kappa shape index (κ2) is 6.57. The second-order valence-electron chi connectivity index (χ2n) is 2.95. The van der Waals surface area contributed by atoms with Gasteiger partial charge in [-0.2, -0.15) is 11.8 Å². The van der Waals surface area contributed by atoms with Crippen molar-refractivity contribution in [2.45, 2.75) is 0 Å². The number of anilines is 1. The van der Waals surface area contributed by atoms with Gasteiger partial charge < -0.3 is 10.7 Å². The molecule has 0 unspecified atom stereocenters. The Kier molecular flexibility index (Phi) is 5.37. The summed E-state index contributed by atoms with van der Waals surface area (Å²) in [6, 6.07) is 1.53. The fourth-order valence-corrected chi connectivity index (χ4v) is 1.56. The van der Waals surface area contributed by atoms with Crippen molar-refractivity contribution >= 4 is 35.1 Å². The van der Waals surface area contributed by atoms with Crippen molar-refractivity contribution < 1.29 is 4.79 Å². The molecule has 4 N–H and O–H groups in total. The number of hydrogen-bond acceptors (Lipinski definition) is 5. The molecule has 1 aromatic rings. The van der Waals surface area contributed by atoms with Gasteiger partial charge >= 0.3 is 0 Å². The minimum absolute atomic E-state index is 0.188. The molecule has 7 heteroatoms. The van der Waals surface area contributed by atoms with Gasteiger partial charge in [0.15, 0.2) is 5.82 Å². The van der Waals surface area contributed by atoms with Crippen LogP contribution in [-0.4, -0.2) is 29.4 Å². The molecule has 88 valence electrons. The van der Waals surface area contributed by atoms with Crippen LogP contribution in [0.15, 0.2) is 12.3 Å². The predicted octanol–water partition coefficient (Wildman–Crippen LogP) is 1.11. The number of nitrogens with zero attached hydrogens (tertiary/aromatic N) is 1. The highest BCUT2D eigenvalue weighted by molar-refractivity contribution is 7.98. The third kappa shape index (κ3) is 3.55. The van der Waals surface area contributed by atoms with Gasteiger partial charge in [-0.3, -0.25) is 4.79 Å². The Morgan fingerprint density at radius 2 is 2.44 bits per heavy atom. The van der Waals surface area contributed by atoms with Gasteiger partial charge in [0.25, 0.3) is 5.91 Å². The van der Waals surface area contributed by atoms with E-state index in [2.05, 4.69) is 15.7 Å². The van der Waals surface area contributed by atoms with Crippen LogP contribution in [0.5, 0.6) is 0 Å². The number of amides is 1. The van der Waals surface area contributed by atoms with E-state index in [0.717, 1.165) is 5.75 Å². The average molecular weight is 261 g/mol. The van der Waals surface area contributed by atoms with Crippen LogP contribution in [0.25, 0.3) is 0 Å². The summed E-state index contributed by atoms with van der Waals surface area (Å²) in [7, 11) is 0. The van der Waals surface area contributed by atoms with Crippen LogP contribution in [-0.2, 0) is 0 Å². The minimum atomic E-state index is -0.188. The molecule has 1 heterocycles. The van der Waals surface area contributed by atoms with Crippen molar-refractivity contribution in [3.63, 3.8) is 0 Å². The van der Waals surface area contributed by atoms with Crippen LogP contribution in [0, 0.1) is 0 Å². The molecule has 16 heavy (non-hydrogen) atoms. The number of pyridine rings is 1. The Balaban J connectivity index is 2.66. The van der Waals surface area contributed by atoms with E-state index in [9.17, 15) is 4.79 Å². The van der Waals surface area contributed by atoms with Crippen LogP contribution in [0.4, 0.5) is 5.82 Å². The number of nitrogen functional groups attached to an aromatic ring is 1. The standard InChI is InChI=1S/C9H13ClN4OS/c1-16-3-2-12-9(15)6-4-7(10)8(14-11)13-5-6/h4-5H,2-3,11H2,1H3,(H,12,15)(H,13,14). The van der Waals surface area contributed by atoms with Crippen molar-refractivity contribution in [1.29, 1.82) is 0 Å². The maximum atomic E-state index is 11.6. The molecule has 0 aromatic carbocycles. The van der Waals surface area contributed by atoms with Gasteiger partial charge in [0.05, 0.1) is 10.6 Å². The Labute approximate surface area is 103 Å². The lowest BCUT2D eigenvalue weighted by molar-refractivity contribution is 0.0956. The molecule has 0 saturated carbocycles. The van der Waals surface area contributed by atoms with Crippen molar-refractivity contribution in [3.05, 3.63) is 22.8 Å². The number of nitrogens with one attached hydrogen (secondary N) is 2. The fourth-order valence-electron chi connectivity index (χ4n) is 1.04. The predicted molar refractivity (Wildman–Crippen MR) is 67.8 cm³/mol. The summed E-state index contributed by atoms with van der Waals surface area (Å²) in [5.74, 6) is 6.21. The van der Waals surface area contributed by atoms with Crippen LogP contribution in [0.1, 0.15) is 10.4 Å². The normalized spacial score (nSPS) is 9.94. The van der Waals surface area contributed by atoms with Gasteiger partial charge in [-0.15, -0.1) is 0 Å². The van der Waals surface area contributed by atoms with E-state index in [-0.39, 0.29) is 5.91 Å². The summed E-state index contributed by atoms with van der Waals surface area (Å²) in [6.45, 7) is 0.620. The number of halogens is 1. The summed E-state index contributed by atoms with van der Waals surface area (Å²) in [4.78, 5) is 15.5. The van der Waals surface area contributed by atoms with Gasteiger partial charge in [-0.1, -0.05) is 11.6 Å². The lowest BCUT2D eigenvalue weighted by atomic mass is 10.2. The Hall–Kier alpha value is -0.980. The maximum Gasteiger partial charge on any atom is 0.252 e. The fraction of sp³-hybridized carbons (Fsp3) is 0.333. The Morgan fingerprint density at radius 1 is 1.69 bits per heavy atom. The molecular weight excluding hydrogens is 248 g/mol. The van der Waals surface area contributed by atoms with E-state index in [4.69, 9.17) is 17.4 Å². The van der Waals surface area contributed by atoms with Crippen LogP contribution >= 0.6 is 23.4 Å². The van der Waals surface area contributed by atoms with Gasteiger partial charge in [0.2, 0.25) is 0 Å². The lowest BCUT2D eigenvalue weighted by Crippen LogP contribution is -2.26. The van der Waals surface area contributed by atoms with Crippen molar-refractivity contribution in [1.82, 2.24) is 10.3 Å². The van der Waals surface area contributed by atoms with Crippen molar-refractivity contribution in [3.8, 4) is 0 Å². The van der Waals surface area contributed by atoms with E-state index in [0.29, 0.717) is 22.9 Å². The molecule has 0 fully saturated rings. The minimum Gasteiger partial charge on any atom is -0.351 e. The first-order valence-corrected chi connectivity index (χ1v) is 6.35. The molecule has 1 rings (SSSR count). The summed E-state index contributed by atoms with van der Waals surface area (Å²) in [5, 5.41) is 3.07. The highest BCUT2D eigenvalue weighted by Gasteiger charge is 2.08. The Morgan fingerprint density at radius 3 is 3.00 bits per heavy atom. The van der Waals surface area contributed by atoms with E-state index >= 15 is 0 Å². The molecule has 0 bridgehead atoms. The molecule has 1 amide bonds. The molecule has 0 atom stereocenters. The van der Waals surface area contributed by atoms with Crippen molar-refractivity contribution in [2.24, 2.45) is 5.84 Å². The first kappa shape index (κ1) is 13.1. The summed E-state index contributed by atoms with van der Waals surface area (Å²) in [6.07, 6.45) is 3.40. The largest absolute Gasteiger partial charge is 0.351 e. The number of hydrogen-bond donors (Lipinski definition) is 3. The number of carbonyl (C=O) groups excluding carboxylic acids is 1. The number of thioether (sulfide) groups is 1. The maximum absolute atomic E-state index is 11.6. The second-order valence-corrected chi connectivity index (χ2v) is 4.34. The number of hydrazine groups is 1. The number of aromatic nitrogens is 1. The topological polar surface area (TPSA) is 80.0 Å². The van der Waals surface area contributed by atoms with E-state index in [1.807, 2.05) is 6.26 Å². The van der Waals surface area contributed by atoms with Crippen LogP contribution in [0.2, 0.25) is 5.02 Å². The van der Waals surface area contributed by atoms with E-state index < -0.39 is 0 Å². The first-order chi connectivity index (χ1) is 7.69. The van der Waals surface area contributed by atoms with E-state index in [1.165, 1.54) is 12.3 Å². The summed E-state index contributed by atoms with van der Waals surface area (Å²) in [5.41, 5.74) is 2.76. The molecule has 5 nitrogen and oxygen atoms in total. The number of nitrogens with two attached hydrogens (primary N) is 1. The van der Waals surface area contributed by atoms with Crippen LogP contribution < -0.4 is 16.6 Å². The van der Waals surface area contributed by atoms with Gasteiger partial charge in [0.1, 0.15) is 0 Å². The summed E-state index contributed by atoms with van der Waals surface area (Å²) < 4.78 is 0. The SMILES string of the molecule is CSCCNC(=O)c1cnc(NN)c(Cl)c1. The van der Waals surface area contributed by atoms with Gasteiger partial charge in [-0.25, -0.2) is 10.8 Å². The molecule has 0 radical (unpaired) electrons. The number of carbonyl (C=O) groups is 1. The molecule has 0 aliphatic carbocycles. The molecule has 0 aliphatic heterocycles. The first-order valence-electron chi connectivity index (χ1n) is 4.58. The Bertz CT molecular complexity index is 375. The smallest absolute Gasteiger partial charge is 0.252 e. The highest BCUT2D eigenvalue weighted by Crippen LogP contribution is 2.18. The van der Waals surface area contributed by atoms with E-state index in [1.54, 1.807) is 11.8 Å². The lowest BCUT2D eigenvalue weighted by Gasteiger charge is -2.06. The molecule has 0 spiro atoms. The highest BCUT2D eigenvalue weighted by atomic mass is 35.5. The van der Waals surface area contributed by atoms with Gasteiger partial charge in [0, 0.05) is 18.5 Å². The zero-order valence-corrected chi connectivity index (χ0v) is 10.4. The number of rotatable bonds is 5. The van der Waals surface area contributed by atoms with Crippen molar-refractivity contribution in [2.75, 3.05) is 24.0 Å². The monoisotopic (exact) mass is 260 g/mol. The third-order valence-electron chi connectivity index (χ3n) is 1.83. The molecular formula is C9H13ClN4OS. The zero-order chi connectivity index (χ0) is 12.0. The molecule has 1 aromatic heterocycles. The molecule has 0 aliphatic rings. The quantitative estimate of drug-likeness (QED) is 0.420. The average Bonchev–Trinajstić information content (AvgIpc) is 2.29. The zero-order valence-electron chi connectivity index (χ0n) is 8.79. The van der Waals surface area contributed by atoms with Crippen LogP contribution in [0.3, 0.4) is 0 Å². The molecule has 0 saturated heterocycles.